The summed E-state index contributed by atoms with van der Waals surface area (Å²) in [7, 11) is 0. The summed E-state index contributed by atoms with van der Waals surface area (Å²) in [6.07, 6.45) is 0. The van der Waals surface area contributed by atoms with E-state index in [2.05, 4.69) is 0 Å². The molecule has 9 heteroatoms. The zero-order valence-electron chi connectivity index (χ0n) is 24.0. The highest BCUT2D eigenvalue weighted by Gasteiger charge is 2.66. The molecule has 4 aromatic carbocycles. The van der Waals surface area contributed by atoms with Gasteiger partial charge in [0.1, 0.15) is 5.58 Å². The van der Waals surface area contributed by atoms with Crippen LogP contribution in [0, 0.1) is 20.8 Å². The SMILES string of the molecule is Cc1cccc(CN2C(=O)C3(c4ccccc42)c2c(oc4ccc(Cl)cc4c2=O)C(=O)N3c2nc3c(C)cc(C)cc3s2)c1. The zero-order valence-corrected chi connectivity index (χ0v) is 25.5. The third-order valence-corrected chi connectivity index (χ3v) is 9.74. The van der Waals surface area contributed by atoms with Gasteiger partial charge in [-0.15, -0.1) is 0 Å². The molecule has 0 fully saturated rings. The Morgan fingerprint density at radius 1 is 0.909 bits per heavy atom. The van der Waals surface area contributed by atoms with Gasteiger partial charge in [0, 0.05) is 10.6 Å². The van der Waals surface area contributed by atoms with Crippen molar-refractivity contribution < 1.29 is 14.0 Å². The fraction of sp³-hybridized carbons (Fsp3) is 0.143. The fourth-order valence-corrected chi connectivity index (χ4v) is 8.10. The number of para-hydroxylation sites is 1. The summed E-state index contributed by atoms with van der Waals surface area (Å²) in [6, 6.07) is 24.0. The number of carbonyl (C=O) groups is 2. The molecule has 1 unspecified atom stereocenters. The second-order valence-corrected chi connectivity index (χ2v) is 12.9. The molecular formula is C35H24ClN3O4S. The van der Waals surface area contributed by atoms with Gasteiger partial charge in [-0.3, -0.25) is 19.3 Å². The highest BCUT2D eigenvalue weighted by Crippen LogP contribution is 2.55. The van der Waals surface area contributed by atoms with E-state index in [1.807, 2.05) is 81.4 Å². The molecule has 4 heterocycles. The van der Waals surface area contributed by atoms with Crippen LogP contribution in [-0.2, 0) is 16.9 Å². The van der Waals surface area contributed by atoms with Crippen LogP contribution in [0.15, 0.2) is 88.1 Å². The quantitative estimate of drug-likeness (QED) is 0.206. The Bertz CT molecular complexity index is 2310. The monoisotopic (exact) mass is 617 g/mol. The Labute approximate surface area is 260 Å². The molecule has 7 nitrogen and oxygen atoms in total. The van der Waals surface area contributed by atoms with Crippen molar-refractivity contribution in [1.29, 1.82) is 0 Å². The van der Waals surface area contributed by atoms with E-state index >= 15 is 4.79 Å². The summed E-state index contributed by atoms with van der Waals surface area (Å²) in [4.78, 5) is 52.2. The first-order valence-electron chi connectivity index (χ1n) is 14.1. The number of aryl methyl sites for hydroxylation is 3. The number of amides is 2. The molecule has 44 heavy (non-hydrogen) atoms. The van der Waals surface area contributed by atoms with Crippen molar-refractivity contribution in [1.82, 2.24) is 4.98 Å². The van der Waals surface area contributed by atoms with E-state index in [1.165, 1.54) is 22.3 Å². The molecule has 0 bridgehead atoms. The minimum Gasteiger partial charge on any atom is -0.450 e. The van der Waals surface area contributed by atoms with Crippen LogP contribution in [-0.4, -0.2) is 16.8 Å². The van der Waals surface area contributed by atoms with Gasteiger partial charge in [-0.1, -0.05) is 77.0 Å². The number of benzene rings is 4. The number of hydrogen-bond donors (Lipinski definition) is 0. The maximum Gasteiger partial charge on any atom is 0.297 e. The predicted molar refractivity (Wildman–Crippen MR) is 173 cm³/mol. The number of rotatable bonds is 3. The highest BCUT2D eigenvalue weighted by molar-refractivity contribution is 7.22. The van der Waals surface area contributed by atoms with E-state index in [9.17, 15) is 9.59 Å². The van der Waals surface area contributed by atoms with Gasteiger partial charge in [-0.2, -0.15) is 0 Å². The molecule has 2 aliphatic heterocycles. The van der Waals surface area contributed by atoms with E-state index in [0.29, 0.717) is 21.4 Å². The van der Waals surface area contributed by atoms with Crippen molar-refractivity contribution in [3.8, 4) is 0 Å². The molecule has 2 aliphatic rings. The molecule has 216 valence electrons. The standard InChI is InChI=1S/C35H24ClN3O4S/c1-18-7-6-8-21(14-18)17-38-25-10-5-4-9-24(25)35(33(38)42)28-30(40)23-16-22(36)11-12-26(23)43-31(28)32(41)39(35)34-37-29-20(3)13-19(2)15-27(29)44-34/h4-16H,17H2,1-3H3. The summed E-state index contributed by atoms with van der Waals surface area (Å²) in [5, 5.41) is 0.854. The lowest BCUT2D eigenvalue weighted by atomic mass is 9.84. The van der Waals surface area contributed by atoms with E-state index < -0.39 is 22.8 Å². The number of aromatic nitrogens is 1. The van der Waals surface area contributed by atoms with Gasteiger partial charge in [0.2, 0.25) is 5.76 Å². The molecule has 0 radical (unpaired) electrons. The molecule has 6 aromatic rings. The summed E-state index contributed by atoms with van der Waals surface area (Å²) in [6.45, 7) is 6.22. The van der Waals surface area contributed by atoms with Crippen LogP contribution < -0.4 is 15.2 Å². The van der Waals surface area contributed by atoms with Crippen LogP contribution in [0.1, 0.15) is 43.9 Å². The van der Waals surface area contributed by atoms with Crippen LogP contribution >= 0.6 is 22.9 Å². The Balaban J connectivity index is 1.46. The number of halogens is 1. The van der Waals surface area contributed by atoms with Gasteiger partial charge in [0.25, 0.3) is 11.8 Å². The van der Waals surface area contributed by atoms with Gasteiger partial charge in [0.05, 0.1) is 33.4 Å². The molecule has 1 atom stereocenters. The summed E-state index contributed by atoms with van der Waals surface area (Å²) < 4.78 is 7.07. The number of fused-ring (bicyclic) bond motifs is 6. The number of thiazole rings is 1. The maximum absolute atomic E-state index is 15.2. The Morgan fingerprint density at radius 3 is 2.55 bits per heavy atom. The van der Waals surface area contributed by atoms with Crippen molar-refractivity contribution in [3.63, 3.8) is 0 Å². The number of carbonyl (C=O) groups excluding carboxylic acids is 2. The Hall–Kier alpha value is -4.79. The van der Waals surface area contributed by atoms with Crippen LogP contribution in [0.4, 0.5) is 10.8 Å². The van der Waals surface area contributed by atoms with E-state index in [-0.39, 0.29) is 28.8 Å². The molecule has 0 saturated heterocycles. The van der Waals surface area contributed by atoms with E-state index in [4.69, 9.17) is 21.0 Å². The molecule has 2 amide bonds. The lowest BCUT2D eigenvalue weighted by molar-refractivity contribution is -0.121. The van der Waals surface area contributed by atoms with Crippen LogP contribution in [0.3, 0.4) is 0 Å². The van der Waals surface area contributed by atoms with Crippen molar-refractivity contribution >= 4 is 66.8 Å². The third kappa shape index (κ3) is 3.55. The molecule has 2 aromatic heterocycles. The van der Waals surface area contributed by atoms with Crippen LogP contribution in [0.2, 0.25) is 5.02 Å². The summed E-state index contributed by atoms with van der Waals surface area (Å²) in [5.41, 5.74) is 3.75. The first kappa shape index (κ1) is 26.8. The lowest BCUT2D eigenvalue weighted by Crippen LogP contribution is -2.53. The van der Waals surface area contributed by atoms with Gasteiger partial charge in [-0.25, -0.2) is 4.98 Å². The normalized spacial score (nSPS) is 17.4. The lowest BCUT2D eigenvalue weighted by Gasteiger charge is -2.32. The van der Waals surface area contributed by atoms with Gasteiger partial charge in [0.15, 0.2) is 16.1 Å². The molecule has 0 saturated carbocycles. The number of hydrogen-bond acceptors (Lipinski definition) is 6. The van der Waals surface area contributed by atoms with Gasteiger partial charge >= 0.3 is 0 Å². The van der Waals surface area contributed by atoms with E-state index in [1.54, 1.807) is 17.0 Å². The molecule has 8 rings (SSSR count). The summed E-state index contributed by atoms with van der Waals surface area (Å²) in [5.74, 6) is -1.19. The minimum absolute atomic E-state index is 0.0198. The van der Waals surface area contributed by atoms with Crippen LogP contribution in [0.25, 0.3) is 21.2 Å². The van der Waals surface area contributed by atoms with Gasteiger partial charge in [-0.05, 0) is 67.8 Å². The first-order valence-corrected chi connectivity index (χ1v) is 15.3. The van der Waals surface area contributed by atoms with Crippen molar-refractivity contribution in [2.45, 2.75) is 32.9 Å². The van der Waals surface area contributed by atoms with Crippen molar-refractivity contribution in [3.05, 3.63) is 133 Å². The molecule has 0 aliphatic carbocycles. The second-order valence-electron chi connectivity index (χ2n) is 11.4. The average molecular weight is 618 g/mol. The molecule has 0 N–H and O–H groups in total. The summed E-state index contributed by atoms with van der Waals surface area (Å²) >= 11 is 7.63. The Kier molecular flexibility index (Phi) is 5.70. The molecule has 1 spiro atoms. The van der Waals surface area contributed by atoms with Crippen molar-refractivity contribution in [2.75, 3.05) is 9.80 Å². The smallest absolute Gasteiger partial charge is 0.297 e. The predicted octanol–water partition coefficient (Wildman–Crippen LogP) is 7.43. The largest absolute Gasteiger partial charge is 0.450 e. The Morgan fingerprint density at radius 2 is 1.73 bits per heavy atom. The average Bonchev–Trinajstić information content (AvgIpc) is 3.60. The zero-order chi connectivity index (χ0) is 30.5. The maximum atomic E-state index is 15.2. The minimum atomic E-state index is -1.83. The van der Waals surface area contributed by atoms with Crippen molar-refractivity contribution in [2.24, 2.45) is 0 Å². The van der Waals surface area contributed by atoms with E-state index in [0.717, 1.165) is 32.5 Å². The fourth-order valence-electron chi connectivity index (χ4n) is 6.74. The first-order chi connectivity index (χ1) is 21.2. The highest BCUT2D eigenvalue weighted by atomic mass is 35.5. The van der Waals surface area contributed by atoms with Gasteiger partial charge < -0.3 is 9.32 Å². The third-order valence-electron chi connectivity index (χ3n) is 8.52. The number of nitrogens with zero attached hydrogens (tertiary/aromatic N) is 3. The molecular weight excluding hydrogens is 594 g/mol. The van der Waals surface area contributed by atoms with Crippen LogP contribution in [0.5, 0.6) is 0 Å². The number of anilines is 2. The second kappa shape index (κ2) is 9.35. The topological polar surface area (TPSA) is 83.7 Å².